The Labute approximate surface area is 121 Å². The number of fused-ring (bicyclic) bond motifs is 1. The number of rotatable bonds is 5. The van der Waals surface area contributed by atoms with Gasteiger partial charge in [-0.25, -0.2) is 0 Å². The molecule has 2 nitrogen and oxygen atoms in total. The topological polar surface area (TPSA) is 24.9 Å². The number of hydrogen-bond donors (Lipinski definition) is 1. The third kappa shape index (κ3) is 2.57. The minimum absolute atomic E-state index is 0.567. The van der Waals surface area contributed by atoms with Crippen molar-refractivity contribution in [1.82, 2.24) is 10.3 Å². The fourth-order valence-electron chi connectivity index (χ4n) is 3.11. The van der Waals surface area contributed by atoms with Crippen molar-refractivity contribution in [3.05, 3.63) is 41.6 Å². The molecule has 1 aliphatic carbocycles. The van der Waals surface area contributed by atoms with Crippen molar-refractivity contribution < 1.29 is 0 Å². The molecule has 0 bridgehead atoms. The van der Waals surface area contributed by atoms with Crippen LogP contribution in [0.5, 0.6) is 0 Å². The van der Waals surface area contributed by atoms with Crippen LogP contribution in [-0.2, 0) is 6.54 Å². The molecule has 3 rings (SSSR count). The van der Waals surface area contributed by atoms with Gasteiger partial charge in [-0.05, 0) is 48.8 Å². The van der Waals surface area contributed by atoms with E-state index in [1.54, 1.807) is 0 Å². The van der Waals surface area contributed by atoms with E-state index in [0.717, 1.165) is 30.2 Å². The third-order valence-corrected chi connectivity index (χ3v) is 4.84. The van der Waals surface area contributed by atoms with Gasteiger partial charge in [-0.15, -0.1) is 0 Å². The largest absolute Gasteiger partial charge is 0.312 e. The lowest BCUT2D eigenvalue weighted by Gasteiger charge is -2.20. The Bertz CT molecular complexity index is 612. The monoisotopic (exact) mass is 268 g/mol. The minimum atomic E-state index is 0.567. The maximum Gasteiger partial charge on any atom is 0.0708 e. The van der Waals surface area contributed by atoms with Crippen LogP contribution in [0.25, 0.3) is 10.9 Å². The molecule has 1 N–H and O–H groups in total. The molecule has 0 saturated heterocycles. The Morgan fingerprint density at radius 3 is 2.70 bits per heavy atom. The van der Waals surface area contributed by atoms with E-state index in [4.69, 9.17) is 0 Å². The summed E-state index contributed by atoms with van der Waals surface area (Å²) in [5.41, 5.74) is 4.14. The number of aryl methyl sites for hydroxylation is 1. The molecular formula is C18H24N2. The van der Waals surface area contributed by atoms with Crippen LogP contribution in [-0.4, -0.2) is 11.5 Å². The Balaban J connectivity index is 1.74. The standard InChI is InChI=1S/C18H24N2/c1-13(2)18(8-9-18)12-19-11-15-10-14(3)20-17-7-5-4-6-16(15)17/h4-7,10,13,19H,8-9,11-12H2,1-3H3. The van der Waals surface area contributed by atoms with Gasteiger partial charge in [-0.3, -0.25) is 4.98 Å². The number of benzene rings is 1. The molecule has 0 spiro atoms. The van der Waals surface area contributed by atoms with E-state index in [0.29, 0.717) is 5.41 Å². The molecule has 0 atom stereocenters. The van der Waals surface area contributed by atoms with E-state index in [1.807, 2.05) is 0 Å². The van der Waals surface area contributed by atoms with Crippen LogP contribution < -0.4 is 5.32 Å². The summed E-state index contributed by atoms with van der Waals surface area (Å²) in [5, 5.41) is 4.96. The van der Waals surface area contributed by atoms with Gasteiger partial charge in [0.15, 0.2) is 0 Å². The quantitative estimate of drug-likeness (QED) is 0.884. The van der Waals surface area contributed by atoms with Crippen LogP contribution in [0.3, 0.4) is 0 Å². The summed E-state index contributed by atoms with van der Waals surface area (Å²) in [7, 11) is 0. The summed E-state index contributed by atoms with van der Waals surface area (Å²) in [6.07, 6.45) is 2.77. The molecule has 2 heteroatoms. The minimum Gasteiger partial charge on any atom is -0.312 e. The Morgan fingerprint density at radius 1 is 1.25 bits per heavy atom. The van der Waals surface area contributed by atoms with E-state index in [-0.39, 0.29) is 0 Å². The molecule has 1 heterocycles. The average Bonchev–Trinajstić information content (AvgIpc) is 3.19. The normalized spacial score (nSPS) is 16.8. The first-order chi connectivity index (χ1) is 9.61. The van der Waals surface area contributed by atoms with E-state index in [2.05, 4.69) is 61.4 Å². The van der Waals surface area contributed by atoms with Crippen LogP contribution in [0.15, 0.2) is 30.3 Å². The lowest BCUT2D eigenvalue weighted by atomic mass is 9.92. The molecule has 0 unspecified atom stereocenters. The first kappa shape index (κ1) is 13.6. The summed E-state index contributed by atoms with van der Waals surface area (Å²) in [6.45, 7) is 8.85. The van der Waals surface area contributed by atoms with E-state index >= 15 is 0 Å². The van der Waals surface area contributed by atoms with E-state index in [1.165, 1.54) is 23.8 Å². The van der Waals surface area contributed by atoms with Crippen molar-refractivity contribution in [1.29, 1.82) is 0 Å². The van der Waals surface area contributed by atoms with Gasteiger partial charge in [0.25, 0.3) is 0 Å². The lowest BCUT2D eigenvalue weighted by molar-refractivity contribution is 0.338. The predicted octanol–water partition coefficient (Wildman–Crippen LogP) is 4.07. The highest BCUT2D eigenvalue weighted by molar-refractivity contribution is 5.82. The molecule has 1 aromatic carbocycles. The number of pyridine rings is 1. The Kier molecular flexibility index (Phi) is 3.51. The van der Waals surface area contributed by atoms with Crippen molar-refractivity contribution >= 4 is 10.9 Å². The van der Waals surface area contributed by atoms with Gasteiger partial charge in [0, 0.05) is 24.2 Å². The molecule has 1 fully saturated rings. The van der Waals surface area contributed by atoms with Crippen molar-refractivity contribution in [3.8, 4) is 0 Å². The first-order valence-corrected chi connectivity index (χ1v) is 7.67. The third-order valence-electron chi connectivity index (χ3n) is 4.84. The summed E-state index contributed by atoms with van der Waals surface area (Å²) < 4.78 is 0. The zero-order chi connectivity index (χ0) is 14.2. The number of para-hydroxylation sites is 1. The second-order valence-corrected chi connectivity index (χ2v) is 6.56. The van der Waals surface area contributed by atoms with Gasteiger partial charge in [0.05, 0.1) is 5.52 Å². The highest BCUT2D eigenvalue weighted by atomic mass is 14.9. The molecule has 0 aliphatic heterocycles. The predicted molar refractivity (Wildman–Crippen MR) is 84.7 cm³/mol. The summed E-state index contributed by atoms with van der Waals surface area (Å²) in [4.78, 5) is 4.61. The summed E-state index contributed by atoms with van der Waals surface area (Å²) >= 11 is 0. The van der Waals surface area contributed by atoms with Crippen LogP contribution in [0.4, 0.5) is 0 Å². The van der Waals surface area contributed by atoms with Gasteiger partial charge in [0.1, 0.15) is 0 Å². The van der Waals surface area contributed by atoms with Crippen molar-refractivity contribution in [2.45, 2.75) is 40.2 Å². The number of nitrogens with zero attached hydrogens (tertiary/aromatic N) is 1. The summed E-state index contributed by atoms with van der Waals surface area (Å²) in [5.74, 6) is 0.783. The van der Waals surface area contributed by atoms with Gasteiger partial charge >= 0.3 is 0 Å². The van der Waals surface area contributed by atoms with Crippen molar-refractivity contribution in [3.63, 3.8) is 0 Å². The van der Waals surface area contributed by atoms with Crippen LogP contribution >= 0.6 is 0 Å². The zero-order valence-electron chi connectivity index (χ0n) is 12.7. The molecule has 1 saturated carbocycles. The fourth-order valence-corrected chi connectivity index (χ4v) is 3.11. The maximum absolute atomic E-state index is 4.61. The van der Waals surface area contributed by atoms with Crippen LogP contribution in [0.2, 0.25) is 0 Å². The highest BCUT2D eigenvalue weighted by Gasteiger charge is 2.44. The molecular weight excluding hydrogens is 244 g/mol. The molecule has 1 aromatic heterocycles. The van der Waals surface area contributed by atoms with Crippen molar-refractivity contribution in [2.75, 3.05) is 6.54 Å². The molecule has 106 valence electrons. The fraction of sp³-hybridized carbons (Fsp3) is 0.500. The number of aromatic nitrogens is 1. The molecule has 0 amide bonds. The second kappa shape index (κ2) is 5.17. The molecule has 2 aromatic rings. The van der Waals surface area contributed by atoms with Gasteiger partial charge in [-0.1, -0.05) is 32.0 Å². The Hall–Kier alpha value is -1.41. The highest BCUT2D eigenvalue weighted by Crippen LogP contribution is 2.51. The molecule has 1 aliphatic rings. The second-order valence-electron chi connectivity index (χ2n) is 6.56. The number of hydrogen-bond acceptors (Lipinski definition) is 2. The first-order valence-electron chi connectivity index (χ1n) is 7.67. The van der Waals surface area contributed by atoms with Crippen LogP contribution in [0.1, 0.15) is 37.9 Å². The van der Waals surface area contributed by atoms with Gasteiger partial charge < -0.3 is 5.32 Å². The number of nitrogens with one attached hydrogen (secondary N) is 1. The summed E-state index contributed by atoms with van der Waals surface area (Å²) in [6, 6.07) is 10.6. The van der Waals surface area contributed by atoms with E-state index < -0.39 is 0 Å². The average molecular weight is 268 g/mol. The Morgan fingerprint density at radius 2 is 2.00 bits per heavy atom. The lowest BCUT2D eigenvalue weighted by Crippen LogP contribution is -2.27. The maximum atomic E-state index is 4.61. The zero-order valence-corrected chi connectivity index (χ0v) is 12.7. The van der Waals surface area contributed by atoms with Crippen molar-refractivity contribution in [2.24, 2.45) is 11.3 Å². The smallest absolute Gasteiger partial charge is 0.0708 e. The van der Waals surface area contributed by atoms with Gasteiger partial charge in [0.2, 0.25) is 0 Å². The van der Waals surface area contributed by atoms with Crippen LogP contribution in [0, 0.1) is 18.3 Å². The molecule has 20 heavy (non-hydrogen) atoms. The molecule has 0 radical (unpaired) electrons. The SMILES string of the molecule is Cc1cc(CNCC2(C(C)C)CC2)c2ccccc2n1. The van der Waals surface area contributed by atoms with E-state index in [9.17, 15) is 0 Å². The van der Waals surface area contributed by atoms with Gasteiger partial charge in [-0.2, -0.15) is 0 Å².